The molecule has 166 valence electrons. The smallest absolute Gasteiger partial charge is 0.271 e. The van der Waals surface area contributed by atoms with Gasteiger partial charge in [-0.2, -0.15) is 5.10 Å². The maximum Gasteiger partial charge on any atom is 0.271 e. The molecule has 1 saturated carbocycles. The molecule has 0 bridgehead atoms. The molecule has 1 aliphatic carbocycles. The minimum Gasteiger partial charge on any atom is -0.389 e. The highest BCUT2D eigenvalue weighted by atomic mass is 19.1. The summed E-state index contributed by atoms with van der Waals surface area (Å²) in [6, 6.07) is 7.46. The fourth-order valence-corrected chi connectivity index (χ4v) is 4.71. The Bertz CT molecular complexity index is 956. The average molecular weight is 429 g/mol. The van der Waals surface area contributed by atoms with Crippen LogP contribution in [0, 0.1) is 5.82 Å². The molecule has 2 aliphatic rings. The molecule has 8 nitrogen and oxygen atoms in total. The number of amides is 2. The monoisotopic (exact) mass is 429 g/mol. The molecule has 9 heteroatoms. The number of carbonyl (C=O) groups excluding carboxylic acids is 2. The van der Waals surface area contributed by atoms with Crippen LogP contribution in [-0.2, 0) is 4.79 Å². The van der Waals surface area contributed by atoms with E-state index in [1.54, 1.807) is 37.1 Å². The van der Waals surface area contributed by atoms with Gasteiger partial charge in [0.25, 0.3) is 5.91 Å². The molecule has 31 heavy (non-hydrogen) atoms. The van der Waals surface area contributed by atoms with Gasteiger partial charge in [0.1, 0.15) is 11.5 Å². The van der Waals surface area contributed by atoms with E-state index in [4.69, 9.17) is 0 Å². The summed E-state index contributed by atoms with van der Waals surface area (Å²) in [5, 5.41) is 17.8. The van der Waals surface area contributed by atoms with E-state index in [9.17, 15) is 19.1 Å². The topological polar surface area (TPSA) is 92.8 Å². The van der Waals surface area contributed by atoms with Crippen molar-refractivity contribution < 1.29 is 19.1 Å². The van der Waals surface area contributed by atoms with Crippen molar-refractivity contribution in [1.29, 1.82) is 0 Å². The lowest BCUT2D eigenvalue weighted by Crippen LogP contribution is -2.55. The van der Waals surface area contributed by atoms with E-state index in [1.165, 1.54) is 12.1 Å². The van der Waals surface area contributed by atoms with Crippen molar-refractivity contribution in [3.63, 3.8) is 0 Å². The van der Waals surface area contributed by atoms with Gasteiger partial charge >= 0.3 is 0 Å². The van der Waals surface area contributed by atoms with E-state index in [0.717, 1.165) is 19.5 Å². The van der Waals surface area contributed by atoms with Crippen molar-refractivity contribution in [2.24, 2.45) is 0 Å². The summed E-state index contributed by atoms with van der Waals surface area (Å²) < 4.78 is 14.0. The number of likely N-dealkylation sites (N-methyl/N-ethyl adjacent to an activating group) is 1. The molecule has 1 aromatic heterocycles. The molecular weight excluding hydrogens is 401 g/mol. The van der Waals surface area contributed by atoms with Crippen LogP contribution < -0.4 is 0 Å². The van der Waals surface area contributed by atoms with Crippen LogP contribution in [-0.4, -0.2) is 93.2 Å². The van der Waals surface area contributed by atoms with Gasteiger partial charge in [0.05, 0.1) is 17.8 Å². The second-order valence-corrected chi connectivity index (χ2v) is 8.31. The molecule has 0 spiro atoms. The van der Waals surface area contributed by atoms with Crippen LogP contribution in [0.3, 0.4) is 0 Å². The molecule has 1 aromatic carbocycles. The Morgan fingerprint density at radius 2 is 1.90 bits per heavy atom. The number of aromatic nitrogens is 2. The Balaban J connectivity index is 1.41. The number of aliphatic hydroxyl groups excluding tert-OH is 1. The Hall–Kier alpha value is -2.78. The van der Waals surface area contributed by atoms with E-state index in [0.29, 0.717) is 30.8 Å². The summed E-state index contributed by atoms with van der Waals surface area (Å²) in [6.07, 6.45) is 0.800. The molecular formula is C22H28FN5O3. The van der Waals surface area contributed by atoms with Crippen LogP contribution in [0.4, 0.5) is 4.39 Å². The van der Waals surface area contributed by atoms with Gasteiger partial charge in [-0.05, 0) is 31.0 Å². The summed E-state index contributed by atoms with van der Waals surface area (Å²) >= 11 is 0. The van der Waals surface area contributed by atoms with E-state index >= 15 is 0 Å². The number of aromatic amines is 1. The third kappa shape index (κ3) is 4.20. The van der Waals surface area contributed by atoms with Gasteiger partial charge in [0.15, 0.2) is 0 Å². The number of hydrogen-bond acceptors (Lipinski definition) is 5. The van der Waals surface area contributed by atoms with Crippen molar-refractivity contribution in [2.75, 3.05) is 33.2 Å². The first-order chi connectivity index (χ1) is 14.9. The molecule has 2 amide bonds. The summed E-state index contributed by atoms with van der Waals surface area (Å²) in [6.45, 7) is 4.33. The first-order valence-corrected chi connectivity index (χ1v) is 10.6. The first kappa shape index (κ1) is 21.5. The van der Waals surface area contributed by atoms with Crippen molar-refractivity contribution in [1.82, 2.24) is 24.9 Å². The maximum atomic E-state index is 14.0. The standard InChI is InChI=1S/C22H28FN5O3/c1-14(29)27-9-11-28(12-10-27)20-8-7-19(21(20)30)26(2)22(31)18-13-17(24-25-18)15-5-3-4-6-16(15)23/h3-6,13,19-21,30H,7-12H2,1-2H3,(H,24,25)/t19-,20-,21-/m1/s1. The summed E-state index contributed by atoms with van der Waals surface area (Å²) in [5.41, 5.74) is 0.945. The highest BCUT2D eigenvalue weighted by Gasteiger charge is 2.42. The normalized spacial score (nSPS) is 24.4. The lowest BCUT2D eigenvalue weighted by atomic mass is 10.1. The van der Waals surface area contributed by atoms with Gasteiger partial charge in [0.2, 0.25) is 5.91 Å². The largest absolute Gasteiger partial charge is 0.389 e. The van der Waals surface area contributed by atoms with Gasteiger partial charge in [-0.1, -0.05) is 12.1 Å². The fraction of sp³-hybridized carbons (Fsp3) is 0.500. The van der Waals surface area contributed by atoms with Crippen LogP contribution in [0.2, 0.25) is 0 Å². The number of benzene rings is 1. The van der Waals surface area contributed by atoms with Crippen LogP contribution in [0.5, 0.6) is 0 Å². The maximum absolute atomic E-state index is 14.0. The molecule has 2 aromatic rings. The van der Waals surface area contributed by atoms with Gasteiger partial charge in [0, 0.05) is 51.8 Å². The van der Waals surface area contributed by atoms with Crippen molar-refractivity contribution in [2.45, 2.75) is 38.0 Å². The molecule has 2 N–H and O–H groups in total. The molecule has 3 atom stereocenters. The number of nitrogens with one attached hydrogen (secondary N) is 1. The number of piperazine rings is 1. The SMILES string of the molecule is CC(=O)N1CCN([C@@H]2CC[C@@H](N(C)C(=O)c3cc(-c4ccccc4F)n[nH]3)[C@H]2O)CC1. The van der Waals surface area contributed by atoms with Crippen LogP contribution in [0.15, 0.2) is 30.3 Å². The minimum absolute atomic E-state index is 0.0369. The van der Waals surface area contributed by atoms with E-state index < -0.39 is 11.9 Å². The van der Waals surface area contributed by atoms with Gasteiger partial charge in [-0.25, -0.2) is 4.39 Å². The van der Waals surface area contributed by atoms with Crippen molar-refractivity contribution in [3.8, 4) is 11.3 Å². The summed E-state index contributed by atoms with van der Waals surface area (Å²) in [5.74, 6) is -0.620. The van der Waals surface area contributed by atoms with Crippen molar-refractivity contribution >= 4 is 11.8 Å². The third-order valence-corrected chi connectivity index (χ3v) is 6.55. The Morgan fingerprint density at radius 3 is 2.58 bits per heavy atom. The minimum atomic E-state index is -0.674. The fourth-order valence-electron chi connectivity index (χ4n) is 4.71. The summed E-state index contributed by atoms with van der Waals surface area (Å²) in [7, 11) is 1.68. The Labute approximate surface area is 180 Å². The molecule has 0 unspecified atom stereocenters. The molecule has 1 saturated heterocycles. The Morgan fingerprint density at radius 1 is 1.19 bits per heavy atom. The van der Waals surface area contributed by atoms with E-state index in [2.05, 4.69) is 15.1 Å². The van der Waals surface area contributed by atoms with Crippen LogP contribution >= 0.6 is 0 Å². The van der Waals surface area contributed by atoms with Gasteiger partial charge in [-0.15, -0.1) is 0 Å². The highest BCUT2D eigenvalue weighted by Crippen LogP contribution is 2.30. The average Bonchev–Trinajstić information content (AvgIpc) is 3.40. The number of nitrogens with zero attached hydrogens (tertiary/aromatic N) is 4. The molecule has 2 heterocycles. The lowest BCUT2D eigenvalue weighted by molar-refractivity contribution is -0.131. The predicted molar refractivity (Wildman–Crippen MR) is 113 cm³/mol. The lowest BCUT2D eigenvalue weighted by Gasteiger charge is -2.39. The van der Waals surface area contributed by atoms with E-state index in [1.807, 2.05) is 4.90 Å². The quantitative estimate of drug-likeness (QED) is 0.765. The zero-order chi connectivity index (χ0) is 22.1. The van der Waals surface area contributed by atoms with Crippen molar-refractivity contribution in [3.05, 3.63) is 41.8 Å². The molecule has 0 radical (unpaired) electrons. The number of H-pyrrole nitrogens is 1. The number of rotatable bonds is 4. The molecule has 1 aliphatic heterocycles. The first-order valence-electron chi connectivity index (χ1n) is 10.6. The van der Waals surface area contributed by atoms with E-state index in [-0.39, 0.29) is 29.6 Å². The summed E-state index contributed by atoms with van der Waals surface area (Å²) in [4.78, 5) is 30.1. The predicted octanol–water partition coefficient (Wildman–Crippen LogP) is 1.34. The molecule has 4 rings (SSSR count). The molecule has 2 fully saturated rings. The van der Waals surface area contributed by atoms with Crippen LogP contribution in [0.1, 0.15) is 30.3 Å². The second-order valence-electron chi connectivity index (χ2n) is 8.31. The zero-order valence-electron chi connectivity index (χ0n) is 17.8. The number of hydrogen-bond donors (Lipinski definition) is 2. The van der Waals surface area contributed by atoms with Crippen LogP contribution in [0.25, 0.3) is 11.3 Å². The number of halogens is 1. The van der Waals surface area contributed by atoms with Gasteiger partial charge in [-0.3, -0.25) is 19.6 Å². The third-order valence-electron chi connectivity index (χ3n) is 6.55. The number of aliphatic hydroxyl groups is 1. The second kappa shape index (κ2) is 8.76. The zero-order valence-corrected chi connectivity index (χ0v) is 17.8. The number of carbonyl (C=O) groups is 2. The van der Waals surface area contributed by atoms with Gasteiger partial charge < -0.3 is 14.9 Å². The Kier molecular flexibility index (Phi) is 6.06. The highest BCUT2D eigenvalue weighted by molar-refractivity contribution is 5.93.